The van der Waals surface area contributed by atoms with Crippen LogP contribution in [0.5, 0.6) is 0 Å². The fraction of sp³-hybridized carbons (Fsp3) is 0.738. The number of epoxide rings is 1. The van der Waals surface area contributed by atoms with Crippen LogP contribution in [0.2, 0.25) is 0 Å². The molecule has 1 heterocycles. The van der Waals surface area contributed by atoms with Crippen molar-refractivity contribution in [2.24, 2.45) is 0 Å². The Morgan fingerprint density at radius 2 is 1.31 bits per heavy atom. The highest BCUT2D eigenvalue weighted by Crippen LogP contribution is 2.38. The Morgan fingerprint density at radius 3 is 2.02 bits per heavy atom. The van der Waals surface area contributed by atoms with Crippen molar-refractivity contribution in [1.82, 2.24) is 5.32 Å². The first-order valence-electron chi connectivity index (χ1n) is 20.3. The van der Waals surface area contributed by atoms with Gasteiger partial charge in [-0.15, -0.1) is 0 Å². The van der Waals surface area contributed by atoms with Crippen molar-refractivity contribution in [1.29, 1.82) is 0 Å². The van der Waals surface area contributed by atoms with Crippen LogP contribution in [0.4, 0.5) is 0 Å². The fourth-order valence-electron chi connectivity index (χ4n) is 5.43. The predicted molar refractivity (Wildman–Crippen MR) is 214 cm³/mol. The van der Waals surface area contributed by atoms with Gasteiger partial charge in [-0.05, 0) is 70.6 Å². The number of aliphatic hydroxyl groups is 1. The van der Waals surface area contributed by atoms with Crippen LogP contribution in [-0.2, 0) is 23.1 Å². The summed E-state index contributed by atoms with van der Waals surface area (Å²) in [5.41, 5.74) is 0. The average Bonchev–Trinajstić information content (AvgIpc) is 3.84. The van der Waals surface area contributed by atoms with Crippen molar-refractivity contribution in [3.8, 4) is 0 Å². The minimum absolute atomic E-state index is 0.0225. The van der Waals surface area contributed by atoms with Gasteiger partial charge in [-0.2, -0.15) is 0 Å². The highest BCUT2D eigenvalue weighted by molar-refractivity contribution is 7.45. The van der Waals surface area contributed by atoms with Crippen molar-refractivity contribution in [2.45, 2.75) is 160 Å². The minimum Gasteiger partial charge on any atom is -0.756 e. The van der Waals surface area contributed by atoms with Crippen molar-refractivity contribution in [3.63, 3.8) is 0 Å². The maximum Gasteiger partial charge on any atom is 0.268 e. The third-order valence-electron chi connectivity index (χ3n) is 8.85. The number of phosphoric ester groups is 1. The van der Waals surface area contributed by atoms with E-state index in [0.717, 1.165) is 44.9 Å². The van der Waals surface area contributed by atoms with E-state index in [9.17, 15) is 19.4 Å². The van der Waals surface area contributed by atoms with Gasteiger partial charge >= 0.3 is 0 Å². The summed E-state index contributed by atoms with van der Waals surface area (Å²) in [5, 5.41) is 13.7. The SMILES string of the molecule is CCCCC/C=C\C/C=C\CC1OC1C/C=C\CCCC(=O)N[C@@H](COP(=O)([O-])OCC[N+](C)(C)C)[C@H](O)/C=C/CC/C=C\CCCCCCCC. The number of ether oxygens (including phenoxy) is 1. The third kappa shape index (κ3) is 29.6. The number of hydrogen-bond donors (Lipinski definition) is 2. The van der Waals surface area contributed by atoms with Gasteiger partial charge in [0.15, 0.2) is 0 Å². The molecule has 5 atom stereocenters. The molecule has 0 aromatic heterocycles. The zero-order valence-electron chi connectivity index (χ0n) is 33.4. The molecule has 1 aliphatic heterocycles. The zero-order chi connectivity index (χ0) is 38.3. The van der Waals surface area contributed by atoms with Crippen LogP contribution in [0.25, 0.3) is 0 Å². The lowest BCUT2D eigenvalue weighted by Crippen LogP contribution is -2.45. The monoisotopic (exact) mass is 751 g/mol. The molecular formula is C42H75N2O7P. The first-order valence-corrected chi connectivity index (χ1v) is 21.7. The van der Waals surface area contributed by atoms with E-state index >= 15 is 0 Å². The number of carbonyl (C=O) groups is 1. The van der Waals surface area contributed by atoms with E-state index in [4.69, 9.17) is 13.8 Å². The van der Waals surface area contributed by atoms with E-state index in [2.05, 4.69) is 67.8 Å². The van der Waals surface area contributed by atoms with Crippen molar-refractivity contribution >= 4 is 13.7 Å². The largest absolute Gasteiger partial charge is 0.756 e. The number of quaternary nitrogens is 1. The van der Waals surface area contributed by atoms with E-state index < -0.39 is 26.6 Å². The quantitative estimate of drug-likeness (QED) is 0.0221. The molecule has 1 amide bonds. The number of allylic oxidation sites excluding steroid dienone is 7. The van der Waals surface area contributed by atoms with E-state index in [-0.39, 0.29) is 25.0 Å². The first kappa shape index (κ1) is 48.2. The number of aliphatic hydroxyl groups excluding tert-OH is 1. The molecule has 0 aromatic rings. The van der Waals surface area contributed by atoms with Gasteiger partial charge in [-0.25, -0.2) is 0 Å². The molecule has 0 saturated carbocycles. The lowest BCUT2D eigenvalue weighted by Gasteiger charge is -2.29. The molecular weight excluding hydrogens is 675 g/mol. The summed E-state index contributed by atoms with van der Waals surface area (Å²) in [6.45, 7) is 4.49. The molecule has 3 unspecified atom stereocenters. The molecule has 10 heteroatoms. The number of amides is 1. The van der Waals surface area contributed by atoms with E-state index in [1.807, 2.05) is 27.2 Å². The van der Waals surface area contributed by atoms with Gasteiger partial charge in [0, 0.05) is 6.42 Å². The van der Waals surface area contributed by atoms with Crippen LogP contribution in [0, 0.1) is 0 Å². The molecule has 1 rings (SSSR count). The molecule has 1 saturated heterocycles. The fourth-order valence-corrected chi connectivity index (χ4v) is 6.16. The zero-order valence-corrected chi connectivity index (χ0v) is 34.3. The number of phosphoric acid groups is 1. The van der Waals surface area contributed by atoms with Gasteiger partial charge in [0.25, 0.3) is 7.82 Å². The van der Waals surface area contributed by atoms with E-state index in [0.29, 0.717) is 23.6 Å². The normalized spacial score (nSPS) is 19.1. The van der Waals surface area contributed by atoms with Gasteiger partial charge in [-0.1, -0.05) is 120 Å². The lowest BCUT2D eigenvalue weighted by molar-refractivity contribution is -0.870. The second-order valence-electron chi connectivity index (χ2n) is 15.0. The van der Waals surface area contributed by atoms with Gasteiger partial charge in [0.05, 0.1) is 52.1 Å². The molecule has 0 radical (unpaired) electrons. The molecule has 0 aliphatic carbocycles. The Balaban J connectivity index is 2.44. The Labute approximate surface area is 317 Å². The van der Waals surface area contributed by atoms with Crippen molar-refractivity contribution in [2.75, 3.05) is 40.9 Å². The Kier molecular flexibility index (Phi) is 28.2. The highest BCUT2D eigenvalue weighted by Gasteiger charge is 2.36. The molecule has 2 N–H and O–H groups in total. The first-order chi connectivity index (χ1) is 25.0. The number of unbranched alkanes of at least 4 members (excludes halogenated alkanes) is 11. The predicted octanol–water partition coefficient (Wildman–Crippen LogP) is 9.04. The molecule has 0 aromatic carbocycles. The van der Waals surface area contributed by atoms with Crippen LogP contribution in [0.1, 0.15) is 136 Å². The van der Waals surface area contributed by atoms with E-state index in [1.54, 1.807) is 6.08 Å². The minimum atomic E-state index is -4.61. The topological polar surface area (TPSA) is 120 Å². The number of likely N-dealkylation sites (N-methyl/N-ethyl adjacent to an activating group) is 1. The molecule has 52 heavy (non-hydrogen) atoms. The summed E-state index contributed by atoms with van der Waals surface area (Å²) in [7, 11) is 1.19. The van der Waals surface area contributed by atoms with Gasteiger partial charge in [-0.3, -0.25) is 9.36 Å². The van der Waals surface area contributed by atoms with Crippen molar-refractivity contribution < 1.29 is 37.6 Å². The second kappa shape index (κ2) is 30.5. The van der Waals surface area contributed by atoms with Crippen molar-refractivity contribution in [3.05, 3.63) is 60.8 Å². The summed E-state index contributed by atoms with van der Waals surface area (Å²) in [6, 6.07) is -0.938. The van der Waals surface area contributed by atoms with Crippen LogP contribution >= 0.6 is 7.82 Å². The summed E-state index contributed by atoms with van der Waals surface area (Å²) in [4.78, 5) is 25.2. The Morgan fingerprint density at radius 1 is 0.769 bits per heavy atom. The van der Waals surface area contributed by atoms with Gasteiger partial charge in [0.1, 0.15) is 13.2 Å². The molecule has 9 nitrogen and oxygen atoms in total. The standard InChI is InChI=1S/C42H75N2O7P/c1-6-8-10-12-14-16-17-18-20-21-23-27-31-39(45)38(37-50-52(47,48)49-36-35-44(3,4)5)43-42(46)34-30-26-25-29-33-41-40(51-41)32-28-24-22-19-15-13-11-9-7-2/h15,18-20,24-25,27-29,31,38-41,45H,6-14,16-17,21-23,26,30,32-37H2,1-5H3,(H-,43,46,47,48)/b19-15-,20-18-,28-24-,29-25-,31-27+/t38-,39+,40?,41?/m0/s1. The number of hydrogen-bond acceptors (Lipinski definition) is 7. The van der Waals surface area contributed by atoms with Gasteiger partial charge in [0.2, 0.25) is 5.91 Å². The number of rotatable bonds is 34. The van der Waals surface area contributed by atoms with Crippen LogP contribution < -0.4 is 10.2 Å². The Bertz CT molecular complexity index is 1100. The maximum absolute atomic E-state index is 12.8. The second-order valence-corrected chi connectivity index (χ2v) is 16.4. The summed E-state index contributed by atoms with van der Waals surface area (Å²) in [6.07, 6.45) is 40.1. The smallest absolute Gasteiger partial charge is 0.268 e. The number of nitrogens with one attached hydrogen (secondary N) is 1. The number of carbonyl (C=O) groups excluding carboxylic acids is 1. The van der Waals surface area contributed by atoms with Gasteiger partial charge < -0.3 is 33.6 Å². The third-order valence-corrected chi connectivity index (χ3v) is 9.82. The molecule has 300 valence electrons. The maximum atomic E-state index is 12.8. The Hall–Kier alpha value is -1.84. The average molecular weight is 751 g/mol. The summed E-state index contributed by atoms with van der Waals surface area (Å²) >= 11 is 0. The van der Waals surface area contributed by atoms with Crippen LogP contribution in [-0.4, -0.2) is 80.8 Å². The molecule has 0 spiro atoms. The van der Waals surface area contributed by atoms with E-state index in [1.165, 1.54) is 64.2 Å². The number of nitrogens with zero attached hydrogens (tertiary/aromatic N) is 1. The molecule has 0 bridgehead atoms. The lowest BCUT2D eigenvalue weighted by atomic mass is 10.1. The molecule has 1 fully saturated rings. The highest BCUT2D eigenvalue weighted by atomic mass is 31.2. The summed E-state index contributed by atoms with van der Waals surface area (Å²) < 4.78 is 28.9. The van der Waals surface area contributed by atoms with Crippen LogP contribution in [0.15, 0.2) is 60.8 Å². The summed E-state index contributed by atoms with van der Waals surface area (Å²) in [5.74, 6) is -0.271. The molecule has 1 aliphatic rings. The van der Waals surface area contributed by atoms with Crippen LogP contribution in [0.3, 0.4) is 0 Å².